The second-order valence-corrected chi connectivity index (χ2v) is 4.66. The number of hydrogen-bond donors (Lipinski definition) is 2. The molecule has 2 aromatic rings. The molecule has 2 N–H and O–H groups in total. The number of carbonyl (C=O) groups excluding carboxylic acids is 1. The zero-order chi connectivity index (χ0) is 13.8. The molecule has 1 heterocycles. The Morgan fingerprint density at radius 1 is 0.900 bits per heavy atom. The van der Waals surface area contributed by atoms with E-state index in [1.165, 1.54) is 0 Å². The van der Waals surface area contributed by atoms with Gasteiger partial charge in [0.15, 0.2) is 0 Å². The van der Waals surface area contributed by atoms with Gasteiger partial charge in [0.1, 0.15) is 17.5 Å². The Bertz CT molecular complexity index is 581. The number of carbonyl (C=O) groups is 1. The maximum atomic E-state index is 11.8. The lowest BCUT2D eigenvalue weighted by Gasteiger charge is -2.23. The number of rotatable bonds is 3. The second-order valence-electron chi connectivity index (χ2n) is 4.66. The molecule has 0 spiro atoms. The van der Waals surface area contributed by atoms with Crippen LogP contribution in [0.1, 0.15) is 11.6 Å². The van der Waals surface area contributed by atoms with Crippen LogP contribution >= 0.6 is 0 Å². The van der Waals surface area contributed by atoms with Gasteiger partial charge in [0.2, 0.25) is 5.91 Å². The highest BCUT2D eigenvalue weighted by molar-refractivity contribution is 5.83. The van der Waals surface area contributed by atoms with Crippen LogP contribution in [-0.2, 0) is 4.79 Å². The molecule has 1 unspecified atom stereocenters. The molecule has 0 radical (unpaired) electrons. The third-order valence-corrected chi connectivity index (χ3v) is 3.23. The molecule has 4 heteroatoms. The van der Waals surface area contributed by atoms with E-state index in [0.717, 1.165) is 23.6 Å². The Hall–Kier alpha value is -2.33. The standard InChI is InChI=1S/C16H16N2O2/c19-16-15(17-10-11-18-16)12-6-8-14(9-7-12)20-13-4-2-1-3-5-13/h1-9,15,17H,10-11H2,(H,18,19). The lowest BCUT2D eigenvalue weighted by Crippen LogP contribution is -2.47. The summed E-state index contributed by atoms with van der Waals surface area (Å²) < 4.78 is 5.73. The van der Waals surface area contributed by atoms with Gasteiger partial charge in [-0.25, -0.2) is 0 Å². The molecule has 20 heavy (non-hydrogen) atoms. The van der Waals surface area contributed by atoms with Crippen molar-refractivity contribution in [3.63, 3.8) is 0 Å². The average Bonchev–Trinajstić information content (AvgIpc) is 2.50. The van der Waals surface area contributed by atoms with E-state index >= 15 is 0 Å². The van der Waals surface area contributed by atoms with Crippen LogP contribution in [0, 0.1) is 0 Å². The highest BCUT2D eigenvalue weighted by atomic mass is 16.5. The normalized spacial score (nSPS) is 18.4. The first-order valence-corrected chi connectivity index (χ1v) is 6.67. The van der Waals surface area contributed by atoms with Gasteiger partial charge in [-0.3, -0.25) is 4.79 Å². The third-order valence-electron chi connectivity index (χ3n) is 3.23. The number of para-hydroxylation sites is 1. The van der Waals surface area contributed by atoms with E-state index < -0.39 is 0 Å². The Morgan fingerprint density at radius 3 is 2.30 bits per heavy atom. The monoisotopic (exact) mass is 268 g/mol. The molecule has 2 aromatic carbocycles. The van der Waals surface area contributed by atoms with E-state index in [0.29, 0.717) is 6.54 Å². The quantitative estimate of drug-likeness (QED) is 0.897. The van der Waals surface area contributed by atoms with Crippen LogP contribution in [0.5, 0.6) is 11.5 Å². The van der Waals surface area contributed by atoms with Crippen molar-refractivity contribution in [2.24, 2.45) is 0 Å². The molecule has 1 aliphatic heterocycles. The summed E-state index contributed by atoms with van der Waals surface area (Å²) in [6, 6.07) is 17.0. The van der Waals surface area contributed by atoms with E-state index in [-0.39, 0.29) is 11.9 Å². The number of benzene rings is 2. The van der Waals surface area contributed by atoms with Crippen LogP contribution in [0.4, 0.5) is 0 Å². The molecule has 1 amide bonds. The van der Waals surface area contributed by atoms with Crippen molar-refractivity contribution >= 4 is 5.91 Å². The summed E-state index contributed by atoms with van der Waals surface area (Å²) in [5.41, 5.74) is 0.947. The summed E-state index contributed by atoms with van der Waals surface area (Å²) in [5, 5.41) is 6.05. The van der Waals surface area contributed by atoms with Gasteiger partial charge < -0.3 is 15.4 Å². The van der Waals surface area contributed by atoms with Crippen LogP contribution in [0.15, 0.2) is 54.6 Å². The molecule has 3 rings (SSSR count). The topological polar surface area (TPSA) is 50.4 Å². The molecular weight excluding hydrogens is 252 g/mol. The molecule has 0 aromatic heterocycles. The van der Waals surface area contributed by atoms with E-state index in [1.807, 2.05) is 54.6 Å². The molecule has 1 aliphatic rings. The lowest BCUT2D eigenvalue weighted by molar-refractivity contribution is -0.124. The smallest absolute Gasteiger partial charge is 0.241 e. The van der Waals surface area contributed by atoms with Gasteiger partial charge in [0.25, 0.3) is 0 Å². The van der Waals surface area contributed by atoms with Gasteiger partial charge >= 0.3 is 0 Å². The van der Waals surface area contributed by atoms with Gasteiger partial charge in [-0.1, -0.05) is 30.3 Å². The largest absolute Gasteiger partial charge is 0.457 e. The van der Waals surface area contributed by atoms with Crippen molar-refractivity contribution in [1.82, 2.24) is 10.6 Å². The average molecular weight is 268 g/mol. The number of nitrogens with one attached hydrogen (secondary N) is 2. The van der Waals surface area contributed by atoms with Crippen molar-refractivity contribution in [3.05, 3.63) is 60.2 Å². The van der Waals surface area contributed by atoms with Gasteiger partial charge in [-0.2, -0.15) is 0 Å². The summed E-state index contributed by atoms with van der Waals surface area (Å²) in [4.78, 5) is 11.8. The molecule has 1 fully saturated rings. The van der Waals surface area contributed by atoms with E-state index in [4.69, 9.17) is 4.74 Å². The molecule has 0 saturated carbocycles. The maximum Gasteiger partial charge on any atom is 0.241 e. The Labute approximate surface area is 117 Å². The highest BCUT2D eigenvalue weighted by Gasteiger charge is 2.22. The summed E-state index contributed by atoms with van der Waals surface area (Å²) in [6.07, 6.45) is 0. The van der Waals surface area contributed by atoms with Crippen LogP contribution in [0.3, 0.4) is 0 Å². The van der Waals surface area contributed by atoms with E-state index in [1.54, 1.807) is 0 Å². The summed E-state index contributed by atoms with van der Waals surface area (Å²) >= 11 is 0. The number of ether oxygens (including phenoxy) is 1. The predicted molar refractivity (Wildman–Crippen MR) is 76.7 cm³/mol. The minimum Gasteiger partial charge on any atom is -0.457 e. The van der Waals surface area contributed by atoms with E-state index in [2.05, 4.69) is 10.6 Å². The summed E-state index contributed by atoms with van der Waals surface area (Å²) in [7, 11) is 0. The second kappa shape index (κ2) is 5.75. The highest BCUT2D eigenvalue weighted by Crippen LogP contribution is 2.23. The molecule has 0 bridgehead atoms. The minimum absolute atomic E-state index is 0.0213. The number of hydrogen-bond acceptors (Lipinski definition) is 3. The maximum absolute atomic E-state index is 11.8. The Morgan fingerprint density at radius 2 is 1.60 bits per heavy atom. The minimum atomic E-state index is -0.269. The molecule has 4 nitrogen and oxygen atoms in total. The third kappa shape index (κ3) is 2.81. The fourth-order valence-corrected chi connectivity index (χ4v) is 2.22. The van der Waals surface area contributed by atoms with Crippen molar-refractivity contribution < 1.29 is 9.53 Å². The fraction of sp³-hybridized carbons (Fsp3) is 0.188. The summed E-state index contributed by atoms with van der Waals surface area (Å²) in [5.74, 6) is 1.58. The first kappa shape index (κ1) is 12.7. The zero-order valence-corrected chi connectivity index (χ0v) is 11.0. The first-order chi connectivity index (χ1) is 9.83. The van der Waals surface area contributed by atoms with Crippen LogP contribution in [-0.4, -0.2) is 19.0 Å². The van der Waals surface area contributed by atoms with Crippen LogP contribution in [0.2, 0.25) is 0 Å². The van der Waals surface area contributed by atoms with Crippen LogP contribution in [0.25, 0.3) is 0 Å². The molecule has 0 aliphatic carbocycles. The molecule has 1 saturated heterocycles. The van der Waals surface area contributed by atoms with Crippen molar-refractivity contribution in [2.45, 2.75) is 6.04 Å². The van der Waals surface area contributed by atoms with Crippen LogP contribution < -0.4 is 15.4 Å². The molecule has 1 atom stereocenters. The van der Waals surface area contributed by atoms with Gasteiger partial charge in [-0.05, 0) is 29.8 Å². The zero-order valence-electron chi connectivity index (χ0n) is 11.0. The lowest BCUT2D eigenvalue weighted by atomic mass is 10.0. The fourth-order valence-electron chi connectivity index (χ4n) is 2.22. The van der Waals surface area contributed by atoms with Crippen molar-refractivity contribution in [2.75, 3.05) is 13.1 Å². The number of amides is 1. The first-order valence-electron chi connectivity index (χ1n) is 6.67. The Balaban J connectivity index is 1.72. The van der Waals surface area contributed by atoms with Crippen molar-refractivity contribution in [3.8, 4) is 11.5 Å². The van der Waals surface area contributed by atoms with Crippen molar-refractivity contribution in [1.29, 1.82) is 0 Å². The Kier molecular flexibility index (Phi) is 3.65. The SMILES string of the molecule is O=C1NCCNC1c1ccc(Oc2ccccc2)cc1. The van der Waals surface area contributed by atoms with Gasteiger partial charge in [0.05, 0.1) is 0 Å². The molecular formula is C16H16N2O2. The van der Waals surface area contributed by atoms with Gasteiger partial charge in [-0.15, -0.1) is 0 Å². The number of piperazine rings is 1. The van der Waals surface area contributed by atoms with E-state index in [9.17, 15) is 4.79 Å². The molecule has 102 valence electrons. The summed E-state index contributed by atoms with van der Waals surface area (Å²) in [6.45, 7) is 1.48. The predicted octanol–water partition coefficient (Wildman–Crippen LogP) is 2.24. The van der Waals surface area contributed by atoms with Gasteiger partial charge in [0, 0.05) is 13.1 Å².